The molecule has 2 aromatic carbocycles. The fourth-order valence-corrected chi connectivity index (χ4v) is 3.28. The normalized spacial score (nSPS) is 16.5. The number of hydrogen-bond acceptors (Lipinski definition) is 4. The predicted octanol–water partition coefficient (Wildman–Crippen LogP) is 1.15. The lowest BCUT2D eigenvalue weighted by Gasteiger charge is -2.35. The minimum absolute atomic E-state index is 0.00322. The van der Waals surface area contributed by atoms with E-state index in [9.17, 15) is 14.7 Å². The first kappa shape index (κ1) is 18.4. The van der Waals surface area contributed by atoms with E-state index in [0.29, 0.717) is 44.8 Å². The van der Waals surface area contributed by atoms with Crippen LogP contribution in [0.3, 0.4) is 0 Å². The zero-order valence-corrected chi connectivity index (χ0v) is 15.0. The number of benzene rings is 2. The molecule has 0 aliphatic carbocycles. The fraction of sp³-hybridized carbons (Fsp3) is 0.400. The van der Waals surface area contributed by atoms with Crippen LogP contribution in [0.2, 0.25) is 0 Å². The van der Waals surface area contributed by atoms with E-state index in [1.165, 1.54) is 0 Å². The van der Waals surface area contributed by atoms with E-state index < -0.39 is 6.10 Å². The maximum Gasteiger partial charge on any atom is 0.256 e. The summed E-state index contributed by atoms with van der Waals surface area (Å²) >= 11 is 0. The SMILES string of the molecule is CCNC(=O)CN1CCN(C(=O)[C@H](O)c2ccc3ccccc3c2)CC1. The maximum atomic E-state index is 12.6. The largest absolute Gasteiger partial charge is 0.378 e. The van der Waals surface area contributed by atoms with Crippen molar-refractivity contribution in [3.05, 3.63) is 48.0 Å². The van der Waals surface area contributed by atoms with Crippen molar-refractivity contribution in [3.63, 3.8) is 0 Å². The van der Waals surface area contributed by atoms with Crippen LogP contribution in [0, 0.1) is 0 Å². The molecule has 0 unspecified atom stereocenters. The lowest BCUT2D eigenvalue weighted by atomic mass is 10.0. The molecule has 2 amide bonds. The van der Waals surface area contributed by atoms with Crippen LogP contribution in [-0.4, -0.2) is 66.0 Å². The Morgan fingerprint density at radius 1 is 1.08 bits per heavy atom. The maximum absolute atomic E-state index is 12.6. The number of aliphatic hydroxyl groups is 1. The Balaban J connectivity index is 1.59. The molecule has 6 nitrogen and oxygen atoms in total. The minimum Gasteiger partial charge on any atom is -0.378 e. The molecule has 2 aromatic rings. The Hall–Kier alpha value is -2.44. The van der Waals surface area contributed by atoms with Gasteiger partial charge in [0, 0.05) is 32.7 Å². The zero-order valence-electron chi connectivity index (χ0n) is 15.0. The molecular weight excluding hydrogens is 330 g/mol. The lowest BCUT2D eigenvalue weighted by molar-refractivity contribution is -0.142. The van der Waals surface area contributed by atoms with Crippen molar-refractivity contribution < 1.29 is 14.7 Å². The van der Waals surface area contributed by atoms with E-state index in [4.69, 9.17) is 0 Å². The molecular formula is C20H25N3O3. The Labute approximate surface area is 153 Å². The second kappa shape index (κ2) is 8.29. The van der Waals surface area contributed by atoms with Crippen molar-refractivity contribution in [2.75, 3.05) is 39.3 Å². The van der Waals surface area contributed by atoms with E-state index >= 15 is 0 Å². The van der Waals surface area contributed by atoms with Gasteiger partial charge < -0.3 is 15.3 Å². The van der Waals surface area contributed by atoms with Gasteiger partial charge in [-0.15, -0.1) is 0 Å². The number of fused-ring (bicyclic) bond motifs is 1. The Bertz CT molecular complexity index is 785. The van der Waals surface area contributed by atoms with Crippen LogP contribution in [0.4, 0.5) is 0 Å². The summed E-state index contributed by atoms with van der Waals surface area (Å²) in [5.41, 5.74) is 0.610. The van der Waals surface area contributed by atoms with Crippen LogP contribution >= 0.6 is 0 Å². The van der Waals surface area contributed by atoms with Gasteiger partial charge in [-0.1, -0.05) is 36.4 Å². The molecule has 26 heavy (non-hydrogen) atoms. The smallest absolute Gasteiger partial charge is 0.256 e. The third-order valence-electron chi connectivity index (χ3n) is 4.75. The van der Waals surface area contributed by atoms with Gasteiger partial charge in [0.15, 0.2) is 6.10 Å². The number of likely N-dealkylation sites (N-methyl/N-ethyl adjacent to an activating group) is 1. The summed E-state index contributed by atoms with van der Waals surface area (Å²) in [6, 6.07) is 13.5. The summed E-state index contributed by atoms with van der Waals surface area (Å²) in [5, 5.41) is 15.4. The summed E-state index contributed by atoms with van der Waals surface area (Å²) in [7, 11) is 0. The van der Waals surface area contributed by atoms with E-state index in [-0.39, 0.29) is 11.8 Å². The zero-order chi connectivity index (χ0) is 18.5. The molecule has 0 saturated carbocycles. The van der Waals surface area contributed by atoms with Crippen LogP contribution in [0.5, 0.6) is 0 Å². The first-order chi connectivity index (χ1) is 12.6. The fourth-order valence-electron chi connectivity index (χ4n) is 3.28. The Morgan fingerprint density at radius 2 is 1.77 bits per heavy atom. The van der Waals surface area contributed by atoms with Crippen LogP contribution in [-0.2, 0) is 9.59 Å². The molecule has 1 fully saturated rings. The molecule has 1 aliphatic rings. The van der Waals surface area contributed by atoms with Crippen molar-refractivity contribution in [2.45, 2.75) is 13.0 Å². The number of hydrogen-bond donors (Lipinski definition) is 2. The Morgan fingerprint density at radius 3 is 2.46 bits per heavy atom. The van der Waals surface area contributed by atoms with Crippen molar-refractivity contribution >= 4 is 22.6 Å². The van der Waals surface area contributed by atoms with Gasteiger partial charge in [0.1, 0.15) is 0 Å². The number of piperazine rings is 1. The van der Waals surface area contributed by atoms with Crippen molar-refractivity contribution in [1.82, 2.24) is 15.1 Å². The third-order valence-corrected chi connectivity index (χ3v) is 4.75. The van der Waals surface area contributed by atoms with Gasteiger partial charge in [0.05, 0.1) is 6.54 Å². The highest BCUT2D eigenvalue weighted by atomic mass is 16.3. The highest BCUT2D eigenvalue weighted by molar-refractivity contribution is 5.87. The first-order valence-corrected chi connectivity index (χ1v) is 9.03. The molecule has 2 N–H and O–H groups in total. The summed E-state index contributed by atoms with van der Waals surface area (Å²) in [4.78, 5) is 28.0. The molecule has 0 bridgehead atoms. The molecule has 3 rings (SSSR count). The van der Waals surface area contributed by atoms with Gasteiger partial charge in [-0.05, 0) is 29.3 Å². The van der Waals surface area contributed by atoms with Crippen molar-refractivity contribution in [3.8, 4) is 0 Å². The van der Waals surface area contributed by atoms with Gasteiger partial charge in [-0.2, -0.15) is 0 Å². The Kier molecular flexibility index (Phi) is 5.85. The van der Waals surface area contributed by atoms with E-state index in [1.807, 2.05) is 48.2 Å². The second-order valence-corrected chi connectivity index (χ2v) is 6.56. The summed E-state index contributed by atoms with van der Waals surface area (Å²) in [5.74, 6) is -0.276. The number of rotatable bonds is 5. The number of carbonyl (C=O) groups excluding carboxylic acids is 2. The van der Waals surface area contributed by atoms with Gasteiger partial charge in [-0.25, -0.2) is 0 Å². The molecule has 1 heterocycles. The molecule has 0 spiro atoms. The van der Waals surface area contributed by atoms with E-state index in [1.54, 1.807) is 11.0 Å². The molecule has 0 radical (unpaired) electrons. The quantitative estimate of drug-likeness (QED) is 0.844. The monoisotopic (exact) mass is 355 g/mol. The number of nitrogens with zero attached hydrogens (tertiary/aromatic N) is 2. The molecule has 1 atom stereocenters. The average Bonchev–Trinajstić information content (AvgIpc) is 2.67. The van der Waals surface area contributed by atoms with Crippen LogP contribution in [0.1, 0.15) is 18.6 Å². The predicted molar refractivity (Wildman–Crippen MR) is 101 cm³/mol. The summed E-state index contributed by atoms with van der Waals surface area (Å²) in [6.45, 7) is 5.16. The van der Waals surface area contributed by atoms with Gasteiger partial charge >= 0.3 is 0 Å². The number of carbonyl (C=O) groups is 2. The molecule has 138 valence electrons. The minimum atomic E-state index is -1.16. The van der Waals surface area contributed by atoms with E-state index in [2.05, 4.69) is 5.32 Å². The van der Waals surface area contributed by atoms with E-state index in [0.717, 1.165) is 10.8 Å². The van der Waals surface area contributed by atoms with Crippen molar-refractivity contribution in [2.24, 2.45) is 0 Å². The van der Waals surface area contributed by atoms with Gasteiger partial charge in [0.2, 0.25) is 5.91 Å². The van der Waals surface area contributed by atoms with Crippen molar-refractivity contribution in [1.29, 1.82) is 0 Å². The molecule has 1 saturated heterocycles. The number of nitrogens with one attached hydrogen (secondary N) is 1. The summed E-state index contributed by atoms with van der Waals surface area (Å²) in [6.07, 6.45) is -1.16. The molecule has 1 aliphatic heterocycles. The van der Waals surface area contributed by atoms with Gasteiger partial charge in [0.25, 0.3) is 5.91 Å². The van der Waals surface area contributed by atoms with Crippen LogP contribution in [0.15, 0.2) is 42.5 Å². The highest BCUT2D eigenvalue weighted by Gasteiger charge is 2.27. The lowest BCUT2D eigenvalue weighted by Crippen LogP contribution is -2.52. The molecule has 0 aromatic heterocycles. The average molecular weight is 355 g/mol. The van der Waals surface area contributed by atoms with Gasteiger partial charge in [-0.3, -0.25) is 14.5 Å². The topological polar surface area (TPSA) is 72.9 Å². The molecule has 6 heteroatoms. The highest BCUT2D eigenvalue weighted by Crippen LogP contribution is 2.22. The standard InChI is InChI=1S/C20H25N3O3/c1-2-21-18(24)14-22-9-11-23(12-10-22)20(26)19(25)17-8-7-15-5-3-4-6-16(15)13-17/h3-8,13,19,25H,2,9-12,14H2,1H3,(H,21,24)/t19-/m1/s1. The third kappa shape index (κ3) is 4.20. The van der Waals surface area contributed by atoms with Crippen LogP contribution < -0.4 is 5.32 Å². The second-order valence-electron chi connectivity index (χ2n) is 6.56. The number of aliphatic hydroxyl groups excluding tert-OH is 1. The first-order valence-electron chi connectivity index (χ1n) is 9.03. The number of amides is 2. The van der Waals surface area contributed by atoms with Crippen LogP contribution in [0.25, 0.3) is 10.8 Å². The summed E-state index contributed by atoms with van der Waals surface area (Å²) < 4.78 is 0.